The molecule has 0 bridgehead atoms. The van der Waals surface area contributed by atoms with Gasteiger partial charge in [0.15, 0.2) is 5.82 Å². The molecule has 0 spiro atoms. The fourth-order valence-corrected chi connectivity index (χ4v) is 2.56. The minimum atomic E-state index is -3.70. The van der Waals surface area contributed by atoms with Crippen LogP contribution >= 0.6 is 0 Å². The first-order chi connectivity index (χ1) is 9.63. The molecule has 0 radical (unpaired) electrons. The van der Waals surface area contributed by atoms with Crippen molar-refractivity contribution in [1.82, 2.24) is 20.2 Å². The van der Waals surface area contributed by atoms with Gasteiger partial charge in [0.05, 0.1) is 13.1 Å². The Morgan fingerprint density at radius 1 is 1.30 bits per heavy atom. The first kappa shape index (κ1) is 13.3. The Hall–Kier alpha value is -1.71. The zero-order valence-corrected chi connectivity index (χ0v) is 11.4. The van der Waals surface area contributed by atoms with Crippen molar-refractivity contribution in [3.63, 3.8) is 0 Å². The molecule has 0 aromatic carbocycles. The Kier molecular flexibility index (Phi) is 3.55. The molecule has 2 heterocycles. The van der Waals surface area contributed by atoms with Crippen molar-refractivity contribution < 1.29 is 17.4 Å². The molecule has 1 aliphatic carbocycles. The second-order valence-corrected chi connectivity index (χ2v) is 6.25. The SMILES string of the molecule is O=S(=O)(NCc1ncon1)c1ccc(CNC2CC2)o1. The average Bonchev–Trinajstić information content (AvgIpc) is 2.94. The molecule has 1 fully saturated rings. The molecule has 0 saturated heterocycles. The van der Waals surface area contributed by atoms with Gasteiger partial charge in [-0.25, -0.2) is 13.1 Å². The van der Waals surface area contributed by atoms with Crippen LogP contribution in [0, 0.1) is 0 Å². The molecule has 8 nitrogen and oxygen atoms in total. The maximum atomic E-state index is 12.0. The highest BCUT2D eigenvalue weighted by molar-refractivity contribution is 7.89. The van der Waals surface area contributed by atoms with Crippen LogP contribution in [0.3, 0.4) is 0 Å². The summed E-state index contributed by atoms with van der Waals surface area (Å²) in [4.78, 5) is 3.73. The molecule has 1 saturated carbocycles. The zero-order chi connectivity index (χ0) is 14.0. The van der Waals surface area contributed by atoms with E-state index in [1.807, 2.05) is 0 Å². The number of aromatic nitrogens is 2. The molecule has 2 aromatic heterocycles. The van der Waals surface area contributed by atoms with Gasteiger partial charge in [-0.2, -0.15) is 4.98 Å². The molecule has 0 aliphatic heterocycles. The Morgan fingerprint density at radius 2 is 2.15 bits per heavy atom. The van der Waals surface area contributed by atoms with Gasteiger partial charge in [-0.15, -0.1) is 0 Å². The molecular weight excluding hydrogens is 284 g/mol. The van der Waals surface area contributed by atoms with E-state index in [1.54, 1.807) is 6.07 Å². The molecule has 20 heavy (non-hydrogen) atoms. The smallest absolute Gasteiger partial charge is 0.274 e. The second-order valence-electron chi connectivity index (χ2n) is 4.55. The van der Waals surface area contributed by atoms with Gasteiger partial charge in [0.2, 0.25) is 11.5 Å². The second kappa shape index (κ2) is 5.35. The Balaban J connectivity index is 1.61. The molecule has 1 aliphatic rings. The highest BCUT2D eigenvalue weighted by Gasteiger charge is 2.22. The van der Waals surface area contributed by atoms with Crippen LogP contribution in [0.15, 0.2) is 32.6 Å². The van der Waals surface area contributed by atoms with Crippen molar-refractivity contribution in [3.8, 4) is 0 Å². The average molecular weight is 298 g/mol. The number of sulfonamides is 1. The number of nitrogens with zero attached hydrogens (tertiary/aromatic N) is 2. The third-order valence-corrected chi connectivity index (χ3v) is 4.14. The maximum absolute atomic E-state index is 12.0. The minimum Gasteiger partial charge on any atom is -0.447 e. The van der Waals surface area contributed by atoms with Crippen LogP contribution in [0.5, 0.6) is 0 Å². The number of furan rings is 1. The molecule has 0 unspecified atom stereocenters. The Labute approximate surface area is 115 Å². The summed E-state index contributed by atoms with van der Waals surface area (Å²) in [7, 11) is -3.70. The van der Waals surface area contributed by atoms with Crippen LogP contribution in [0.1, 0.15) is 24.4 Å². The lowest BCUT2D eigenvalue weighted by molar-refractivity contribution is 0.397. The van der Waals surface area contributed by atoms with Gasteiger partial charge in [0.25, 0.3) is 10.0 Å². The molecule has 108 valence electrons. The first-order valence-electron chi connectivity index (χ1n) is 6.20. The molecule has 2 N–H and O–H groups in total. The lowest BCUT2D eigenvalue weighted by Crippen LogP contribution is -2.23. The van der Waals surface area contributed by atoms with Gasteiger partial charge >= 0.3 is 0 Å². The maximum Gasteiger partial charge on any atom is 0.274 e. The summed E-state index contributed by atoms with van der Waals surface area (Å²) >= 11 is 0. The summed E-state index contributed by atoms with van der Waals surface area (Å²) in [6.45, 7) is 0.486. The highest BCUT2D eigenvalue weighted by Crippen LogP contribution is 2.20. The van der Waals surface area contributed by atoms with Crippen LogP contribution in [0.25, 0.3) is 0 Å². The van der Waals surface area contributed by atoms with Crippen LogP contribution in [0.4, 0.5) is 0 Å². The summed E-state index contributed by atoms with van der Waals surface area (Å²) in [5, 5.41) is 6.65. The van der Waals surface area contributed by atoms with E-state index >= 15 is 0 Å². The summed E-state index contributed by atoms with van der Waals surface area (Å²) in [5.41, 5.74) is 0. The first-order valence-corrected chi connectivity index (χ1v) is 7.69. The van der Waals surface area contributed by atoms with Gasteiger partial charge in [-0.1, -0.05) is 5.16 Å². The van der Waals surface area contributed by atoms with Crippen LogP contribution in [-0.2, 0) is 23.1 Å². The van der Waals surface area contributed by atoms with Crippen molar-refractivity contribution in [2.45, 2.75) is 37.1 Å². The Bertz CT molecular complexity index is 660. The van der Waals surface area contributed by atoms with E-state index in [2.05, 4.69) is 24.7 Å². The van der Waals surface area contributed by atoms with Gasteiger partial charge in [-0.3, -0.25) is 0 Å². The lowest BCUT2D eigenvalue weighted by Gasteiger charge is -2.01. The number of hydrogen-bond donors (Lipinski definition) is 2. The van der Waals surface area contributed by atoms with E-state index in [0.29, 0.717) is 18.3 Å². The third-order valence-electron chi connectivity index (χ3n) is 2.87. The van der Waals surface area contributed by atoms with Gasteiger partial charge in [0, 0.05) is 6.04 Å². The van der Waals surface area contributed by atoms with E-state index in [9.17, 15) is 8.42 Å². The van der Waals surface area contributed by atoms with Crippen molar-refractivity contribution in [1.29, 1.82) is 0 Å². The summed E-state index contributed by atoms with van der Waals surface area (Å²) in [5.74, 6) is 0.854. The summed E-state index contributed by atoms with van der Waals surface area (Å²) in [6, 6.07) is 3.62. The van der Waals surface area contributed by atoms with E-state index in [0.717, 1.165) is 19.2 Å². The van der Waals surface area contributed by atoms with Crippen LogP contribution < -0.4 is 10.0 Å². The van der Waals surface area contributed by atoms with E-state index in [1.165, 1.54) is 6.07 Å². The largest absolute Gasteiger partial charge is 0.447 e. The third kappa shape index (κ3) is 3.24. The fourth-order valence-electron chi connectivity index (χ4n) is 1.63. The lowest BCUT2D eigenvalue weighted by atomic mass is 10.4. The Morgan fingerprint density at radius 3 is 2.85 bits per heavy atom. The van der Waals surface area contributed by atoms with Crippen molar-refractivity contribution in [2.75, 3.05) is 0 Å². The van der Waals surface area contributed by atoms with Crippen molar-refractivity contribution in [3.05, 3.63) is 30.1 Å². The van der Waals surface area contributed by atoms with E-state index in [-0.39, 0.29) is 17.5 Å². The number of nitrogens with one attached hydrogen (secondary N) is 2. The standard InChI is InChI=1S/C11H14N4O4S/c16-20(17,14-6-10-13-7-18-15-10)11-4-3-9(19-11)5-12-8-1-2-8/h3-4,7-8,12,14H,1-2,5-6H2. The molecule has 0 atom stereocenters. The molecule has 2 aromatic rings. The van der Waals surface area contributed by atoms with Gasteiger partial charge in [0.1, 0.15) is 5.76 Å². The van der Waals surface area contributed by atoms with Crippen LogP contribution in [-0.4, -0.2) is 24.6 Å². The normalized spacial score (nSPS) is 15.6. The monoisotopic (exact) mass is 298 g/mol. The van der Waals surface area contributed by atoms with Crippen LogP contribution in [0.2, 0.25) is 0 Å². The summed E-state index contributed by atoms with van der Waals surface area (Å²) < 4.78 is 36.1. The quantitative estimate of drug-likeness (QED) is 0.760. The molecule has 0 amide bonds. The van der Waals surface area contributed by atoms with Crippen molar-refractivity contribution >= 4 is 10.0 Å². The predicted octanol–water partition coefficient (Wildman–Crippen LogP) is 0.393. The molecule has 9 heteroatoms. The molecule has 3 rings (SSSR count). The number of rotatable bonds is 7. The van der Waals surface area contributed by atoms with E-state index in [4.69, 9.17) is 4.42 Å². The topological polar surface area (TPSA) is 110 Å². The highest BCUT2D eigenvalue weighted by atomic mass is 32.2. The number of hydrogen-bond acceptors (Lipinski definition) is 7. The van der Waals surface area contributed by atoms with Gasteiger partial charge < -0.3 is 14.3 Å². The minimum absolute atomic E-state index is 0.0464. The van der Waals surface area contributed by atoms with E-state index < -0.39 is 10.0 Å². The zero-order valence-electron chi connectivity index (χ0n) is 10.6. The van der Waals surface area contributed by atoms with Crippen molar-refractivity contribution in [2.24, 2.45) is 0 Å². The van der Waals surface area contributed by atoms with Gasteiger partial charge in [-0.05, 0) is 25.0 Å². The predicted molar refractivity (Wildman–Crippen MR) is 66.9 cm³/mol. The summed E-state index contributed by atoms with van der Waals surface area (Å²) in [6.07, 6.45) is 3.47. The fraction of sp³-hybridized carbons (Fsp3) is 0.455. The molecular formula is C11H14N4O4S.